The maximum absolute atomic E-state index is 12.4. The number of anilines is 1. The van der Waals surface area contributed by atoms with Crippen LogP contribution in [0.25, 0.3) is 5.65 Å². The van der Waals surface area contributed by atoms with Gasteiger partial charge in [-0.25, -0.2) is 9.78 Å². The third kappa shape index (κ3) is 3.56. The Morgan fingerprint density at radius 2 is 2.12 bits per heavy atom. The summed E-state index contributed by atoms with van der Waals surface area (Å²) >= 11 is 1.38. The summed E-state index contributed by atoms with van der Waals surface area (Å²) in [7, 11) is 0. The lowest BCUT2D eigenvalue weighted by atomic mass is 10.1. The van der Waals surface area contributed by atoms with Crippen LogP contribution in [0.1, 0.15) is 33.4 Å². The minimum absolute atomic E-state index is 0.139. The van der Waals surface area contributed by atoms with E-state index >= 15 is 0 Å². The van der Waals surface area contributed by atoms with E-state index in [9.17, 15) is 9.59 Å². The van der Waals surface area contributed by atoms with Gasteiger partial charge in [0.1, 0.15) is 10.6 Å². The van der Waals surface area contributed by atoms with Gasteiger partial charge in [-0.1, -0.05) is 6.07 Å². The van der Waals surface area contributed by atoms with Crippen LogP contribution < -0.4 is 5.32 Å². The third-order valence-electron chi connectivity index (χ3n) is 3.87. The first-order valence-electron chi connectivity index (χ1n) is 7.99. The lowest BCUT2D eigenvalue weighted by Crippen LogP contribution is -2.16. The van der Waals surface area contributed by atoms with Crippen LogP contribution >= 0.6 is 11.3 Å². The lowest BCUT2D eigenvalue weighted by Gasteiger charge is -2.06. The Morgan fingerprint density at radius 3 is 2.84 bits per heavy atom. The van der Waals surface area contributed by atoms with Crippen LogP contribution in [0.3, 0.4) is 0 Å². The Balaban J connectivity index is 1.78. The van der Waals surface area contributed by atoms with E-state index in [4.69, 9.17) is 4.74 Å². The molecule has 0 aromatic carbocycles. The summed E-state index contributed by atoms with van der Waals surface area (Å²) < 4.78 is 6.97. The van der Waals surface area contributed by atoms with Crippen LogP contribution in [-0.4, -0.2) is 27.9 Å². The second-order valence-electron chi connectivity index (χ2n) is 5.63. The fourth-order valence-electron chi connectivity index (χ4n) is 2.57. The van der Waals surface area contributed by atoms with E-state index in [0.29, 0.717) is 22.9 Å². The van der Waals surface area contributed by atoms with Crippen LogP contribution in [0.15, 0.2) is 30.6 Å². The summed E-state index contributed by atoms with van der Waals surface area (Å²) in [5.41, 5.74) is 2.74. The van der Waals surface area contributed by atoms with Gasteiger partial charge in [0.15, 0.2) is 0 Å². The Bertz CT molecular complexity index is 909. The van der Waals surface area contributed by atoms with Gasteiger partial charge in [0, 0.05) is 17.3 Å². The standard InChI is InChI=1S/C18H19N3O3S/c1-4-24-18(23)16-11(2)12(3)25-17(16)20-15(22)9-13-10-21-8-6-5-7-14(21)19-13/h5-8,10H,4,9H2,1-3H3,(H,20,22). The molecule has 1 amide bonds. The normalized spacial score (nSPS) is 10.8. The Kier molecular flexibility index (Phi) is 4.85. The fourth-order valence-corrected chi connectivity index (χ4v) is 3.64. The zero-order valence-electron chi connectivity index (χ0n) is 14.3. The molecule has 0 unspecified atom stereocenters. The highest BCUT2D eigenvalue weighted by molar-refractivity contribution is 7.16. The number of esters is 1. The van der Waals surface area contributed by atoms with Crippen molar-refractivity contribution in [2.45, 2.75) is 27.2 Å². The zero-order chi connectivity index (χ0) is 18.0. The van der Waals surface area contributed by atoms with Gasteiger partial charge in [0.2, 0.25) is 5.91 Å². The number of carbonyl (C=O) groups is 2. The van der Waals surface area contributed by atoms with Crippen molar-refractivity contribution < 1.29 is 14.3 Å². The summed E-state index contributed by atoms with van der Waals surface area (Å²) in [4.78, 5) is 30.0. The predicted octanol–water partition coefficient (Wildman–Crippen LogP) is 3.37. The molecule has 0 atom stereocenters. The molecule has 1 N–H and O–H groups in total. The van der Waals surface area contributed by atoms with Gasteiger partial charge in [0.05, 0.1) is 24.3 Å². The van der Waals surface area contributed by atoms with Crippen molar-refractivity contribution in [3.05, 3.63) is 52.3 Å². The zero-order valence-corrected chi connectivity index (χ0v) is 15.1. The first-order valence-corrected chi connectivity index (χ1v) is 8.80. The molecule has 0 aliphatic carbocycles. The predicted molar refractivity (Wildman–Crippen MR) is 97.3 cm³/mol. The molecule has 3 aromatic rings. The summed E-state index contributed by atoms with van der Waals surface area (Å²) in [5, 5.41) is 3.36. The van der Waals surface area contributed by atoms with E-state index < -0.39 is 5.97 Å². The first-order chi connectivity index (χ1) is 12.0. The number of aromatic nitrogens is 2. The van der Waals surface area contributed by atoms with E-state index in [-0.39, 0.29) is 12.3 Å². The molecule has 25 heavy (non-hydrogen) atoms. The van der Waals surface area contributed by atoms with Crippen molar-refractivity contribution in [2.24, 2.45) is 0 Å². The van der Waals surface area contributed by atoms with Crippen LogP contribution in [0.4, 0.5) is 5.00 Å². The molecule has 0 fully saturated rings. The van der Waals surface area contributed by atoms with E-state index in [1.54, 1.807) is 6.92 Å². The number of nitrogens with one attached hydrogen (secondary N) is 1. The number of fused-ring (bicyclic) bond motifs is 1. The number of nitrogens with zero attached hydrogens (tertiary/aromatic N) is 2. The summed E-state index contributed by atoms with van der Waals surface area (Å²) in [5.74, 6) is -0.623. The number of rotatable bonds is 5. The Hall–Kier alpha value is -2.67. The molecular weight excluding hydrogens is 338 g/mol. The second kappa shape index (κ2) is 7.06. The average Bonchev–Trinajstić information content (AvgIpc) is 3.08. The number of aryl methyl sites for hydroxylation is 1. The van der Waals surface area contributed by atoms with E-state index in [0.717, 1.165) is 16.1 Å². The number of thiophene rings is 1. The minimum atomic E-state index is -0.410. The quantitative estimate of drug-likeness (QED) is 0.711. The molecule has 0 saturated heterocycles. The summed E-state index contributed by atoms with van der Waals surface area (Å²) in [6, 6.07) is 5.68. The number of amides is 1. The highest BCUT2D eigenvalue weighted by Gasteiger charge is 2.22. The number of ether oxygens (including phenoxy) is 1. The van der Waals surface area contributed by atoms with Crippen molar-refractivity contribution in [2.75, 3.05) is 11.9 Å². The Labute approximate surface area is 149 Å². The van der Waals surface area contributed by atoms with Gasteiger partial charge in [-0.15, -0.1) is 11.3 Å². The molecule has 0 radical (unpaired) electrons. The number of pyridine rings is 1. The molecule has 3 heterocycles. The van der Waals surface area contributed by atoms with Gasteiger partial charge < -0.3 is 14.5 Å². The van der Waals surface area contributed by atoms with Crippen molar-refractivity contribution >= 4 is 33.9 Å². The molecule has 0 aliphatic heterocycles. The van der Waals surface area contributed by atoms with E-state index in [1.165, 1.54) is 11.3 Å². The molecule has 0 aliphatic rings. The van der Waals surface area contributed by atoms with E-state index in [2.05, 4.69) is 10.3 Å². The average molecular weight is 357 g/mol. The van der Waals surface area contributed by atoms with Gasteiger partial charge >= 0.3 is 5.97 Å². The smallest absolute Gasteiger partial charge is 0.341 e. The lowest BCUT2D eigenvalue weighted by molar-refractivity contribution is -0.115. The summed E-state index contributed by atoms with van der Waals surface area (Å²) in [6.45, 7) is 5.83. The number of hydrogen-bond donors (Lipinski definition) is 1. The molecule has 6 nitrogen and oxygen atoms in total. The molecule has 130 valence electrons. The van der Waals surface area contributed by atoms with Crippen molar-refractivity contribution in [1.82, 2.24) is 9.38 Å². The molecule has 3 rings (SSSR count). The SMILES string of the molecule is CCOC(=O)c1c(NC(=O)Cc2cn3ccccc3n2)sc(C)c1C. The molecule has 3 aromatic heterocycles. The van der Waals surface area contributed by atoms with Crippen molar-refractivity contribution in [3.8, 4) is 0 Å². The fraction of sp³-hybridized carbons (Fsp3) is 0.278. The first kappa shape index (κ1) is 17.2. The van der Waals surface area contributed by atoms with Crippen molar-refractivity contribution in [3.63, 3.8) is 0 Å². The number of hydrogen-bond acceptors (Lipinski definition) is 5. The molecule has 7 heteroatoms. The third-order valence-corrected chi connectivity index (χ3v) is 5.00. The minimum Gasteiger partial charge on any atom is -0.462 e. The van der Waals surface area contributed by atoms with Crippen LogP contribution in [0, 0.1) is 13.8 Å². The van der Waals surface area contributed by atoms with Crippen molar-refractivity contribution in [1.29, 1.82) is 0 Å². The van der Waals surface area contributed by atoms with E-state index in [1.807, 2.05) is 48.8 Å². The molecular formula is C18H19N3O3S. The topological polar surface area (TPSA) is 72.7 Å². The second-order valence-corrected chi connectivity index (χ2v) is 6.86. The monoisotopic (exact) mass is 357 g/mol. The van der Waals surface area contributed by atoms with Crippen LogP contribution in [-0.2, 0) is 16.0 Å². The number of imidazole rings is 1. The van der Waals surface area contributed by atoms with Gasteiger partial charge in [-0.2, -0.15) is 0 Å². The van der Waals surface area contributed by atoms with Crippen LogP contribution in [0.5, 0.6) is 0 Å². The van der Waals surface area contributed by atoms with Crippen LogP contribution in [0.2, 0.25) is 0 Å². The van der Waals surface area contributed by atoms with Gasteiger partial charge in [-0.05, 0) is 38.5 Å². The maximum atomic E-state index is 12.4. The number of carbonyl (C=O) groups excluding carboxylic acids is 2. The largest absolute Gasteiger partial charge is 0.462 e. The highest BCUT2D eigenvalue weighted by Crippen LogP contribution is 2.33. The molecule has 0 bridgehead atoms. The van der Waals surface area contributed by atoms with Gasteiger partial charge in [0.25, 0.3) is 0 Å². The maximum Gasteiger partial charge on any atom is 0.341 e. The Morgan fingerprint density at radius 1 is 1.32 bits per heavy atom. The molecule has 0 spiro atoms. The molecule has 0 saturated carbocycles. The summed E-state index contributed by atoms with van der Waals surface area (Å²) in [6.07, 6.45) is 3.85. The van der Waals surface area contributed by atoms with Gasteiger partial charge in [-0.3, -0.25) is 4.79 Å². The highest BCUT2D eigenvalue weighted by atomic mass is 32.1.